The maximum absolute atomic E-state index is 8.38. The van der Waals surface area contributed by atoms with Crippen LogP contribution < -0.4 is 5.73 Å². The molecule has 13 heavy (non-hydrogen) atoms. The first-order valence-electron chi connectivity index (χ1n) is 4.28. The highest BCUT2D eigenvalue weighted by atomic mass is 16.2. The Morgan fingerprint density at radius 2 is 1.77 bits per heavy atom. The zero-order chi connectivity index (χ0) is 10.1. The lowest BCUT2D eigenvalue weighted by atomic mass is 10.2. The van der Waals surface area contributed by atoms with Gasteiger partial charge in [-0.25, -0.2) is 0 Å². The standard InChI is InChI=1S/C9H9NO.C2H6/c10-9-5-3-8(4-6-9)2-1-7-11;1-2/h3-6,11H,7,10H2;1-2H3. The summed E-state index contributed by atoms with van der Waals surface area (Å²) in [6, 6.07) is 7.19. The van der Waals surface area contributed by atoms with E-state index in [1.807, 2.05) is 26.0 Å². The molecule has 0 heterocycles. The third kappa shape index (κ3) is 4.89. The zero-order valence-electron chi connectivity index (χ0n) is 8.04. The van der Waals surface area contributed by atoms with Crippen molar-refractivity contribution < 1.29 is 5.11 Å². The van der Waals surface area contributed by atoms with Gasteiger partial charge in [0.1, 0.15) is 6.61 Å². The number of anilines is 1. The molecule has 0 unspecified atom stereocenters. The Bertz CT molecular complexity index is 279. The molecule has 2 nitrogen and oxygen atoms in total. The predicted molar refractivity (Wildman–Crippen MR) is 56.2 cm³/mol. The maximum Gasteiger partial charge on any atom is 0.104 e. The molecule has 0 spiro atoms. The van der Waals surface area contributed by atoms with E-state index in [2.05, 4.69) is 11.8 Å². The van der Waals surface area contributed by atoms with Gasteiger partial charge >= 0.3 is 0 Å². The fourth-order valence-electron chi connectivity index (χ4n) is 0.708. The summed E-state index contributed by atoms with van der Waals surface area (Å²) < 4.78 is 0. The molecule has 1 aromatic rings. The summed E-state index contributed by atoms with van der Waals surface area (Å²) in [5, 5.41) is 8.38. The molecule has 2 heteroatoms. The number of hydrogen-bond donors (Lipinski definition) is 2. The van der Waals surface area contributed by atoms with E-state index >= 15 is 0 Å². The molecule has 0 atom stereocenters. The number of aliphatic hydroxyl groups excluding tert-OH is 1. The van der Waals surface area contributed by atoms with Crippen molar-refractivity contribution in [1.82, 2.24) is 0 Å². The summed E-state index contributed by atoms with van der Waals surface area (Å²) in [4.78, 5) is 0. The smallest absolute Gasteiger partial charge is 0.104 e. The number of aliphatic hydroxyl groups is 1. The average molecular weight is 177 g/mol. The summed E-state index contributed by atoms with van der Waals surface area (Å²) >= 11 is 0. The van der Waals surface area contributed by atoms with Crippen molar-refractivity contribution in [2.45, 2.75) is 13.8 Å². The molecule has 0 aliphatic heterocycles. The number of rotatable bonds is 0. The van der Waals surface area contributed by atoms with Gasteiger partial charge in [-0.3, -0.25) is 0 Å². The normalized spacial score (nSPS) is 7.62. The monoisotopic (exact) mass is 177 g/mol. The molecule has 1 rings (SSSR count). The molecule has 0 radical (unpaired) electrons. The minimum Gasteiger partial charge on any atom is -0.399 e. The van der Waals surface area contributed by atoms with Gasteiger partial charge < -0.3 is 10.8 Å². The van der Waals surface area contributed by atoms with Crippen molar-refractivity contribution in [2.24, 2.45) is 0 Å². The highest BCUT2D eigenvalue weighted by Gasteiger charge is 1.84. The van der Waals surface area contributed by atoms with Crippen LogP contribution in [-0.4, -0.2) is 11.7 Å². The summed E-state index contributed by atoms with van der Waals surface area (Å²) in [6.07, 6.45) is 0. The maximum atomic E-state index is 8.38. The molecule has 0 saturated heterocycles. The summed E-state index contributed by atoms with van der Waals surface area (Å²) in [5.41, 5.74) is 7.05. The number of nitrogen functional groups attached to an aromatic ring is 1. The molecule has 0 fully saturated rings. The Labute approximate surface area is 79.4 Å². The topological polar surface area (TPSA) is 46.2 Å². The molecule has 0 aliphatic carbocycles. The van der Waals surface area contributed by atoms with Crippen molar-refractivity contribution in [3.8, 4) is 11.8 Å². The lowest BCUT2D eigenvalue weighted by molar-refractivity contribution is 0.350. The molecule has 0 amide bonds. The summed E-state index contributed by atoms with van der Waals surface area (Å²) in [7, 11) is 0. The third-order valence-corrected chi connectivity index (χ3v) is 1.22. The molecule has 0 aliphatic rings. The van der Waals surface area contributed by atoms with E-state index in [4.69, 9.17) is 10.8 Å². The van der Waals surface area contributed by atoms with Gasteiger partial charge in [-0.2, -0.15) is 0 Å². The van der Waals surface area contributed by atoms with Crippen molar-refractivity contribution >= 4 is 5.69 Å². The van der Waals surface area contributed by atoms with E-state index in [1.165, 1.54) is 0 Å². The van der Waals surface area contributed by atoms with Crippen LogP contribution in [0.4, 0.5) is 5.69 Å². The van der Waals surface area contributed by atoms with Crippen molar-refractivity contribution in [2.75, 3.05) is 12.3 Å². The van der Waals surface area contributed by atoms with E-state index in [0.29, 0.717) is 0 Å². The van der Waals surface area contributed by atoms with E-state index in [1.54, 1.807) is 12.1 Å². The van der Waals surface area contributed by atoms with Gasteiger partial charge in [-0.05, 0) is 24.3 Å². The van der Waals surface area contributed by atoms with E-state index < -0.39 is 0 Å². The van der Waals surface area contributed by atoms with Crippen LogP contribution in [0.2, 0.25) is 0 Å². The van der Waals surface area contributed by atoms with Gasteiger partial charge in [0.25, 0.3) is 0 Å². The Morgan fingerprint density at radius 1 is 1.23 bits per heavy atom. The molecule has 0 aromatic heterocycles. The van der Waals surface area contributed by atoms with Gasteiger partial charge in [-0.15, -0.1) is 0 Å². The average Bonchev–Trinajstić information content (AvgIpc) is 2.20. The Balaban J connectivity index is 0.000000671. The third-order valence-electron chi connectivity index (χ3n) is 1.22. The van der Waals surface area contributed by atoms with E-state index in [9.17, 15) is 0 Å². The lowest BCUT2D eigenvalue weighted by Crippen LogP contribution is -1.83. The number of hydrogen-bond acceptors (Lipinski definition) is 2. The molecular weight excluding hydrogens is 162 g/mol. The number of benzene rings is 1. The Hall–Kier alpha value is -1.46. The lowest BCUT2D eigenvalue weighted by Gasteiger charge is -1.90. The summed E-state index contributed by atoms with van der Waals surface area (Å²) in [6.45, 7) is 3.89. The molecular formula is C11H15NO. The molecule has 70 valence electrons. The van der Waals surface area contributed by atoms with Crippen LogP contribution in [0.25, 0.3) is 0 Å². The SMILES string of the molecule is CC.Nc1ccc(C#CCO)cc1. The van der Waals surface area contributed by atoms with Gasteiger partial charge in [0, 0.05) is 11.3 Å². The second kappa shape index (κ2) is 7.20. The van der Waals surface area contributed by atoms with Crippen LogP contribution >= 0.6 is 0 Å². The quantitative estimate of drug-likeness (QED) is 0.467. The van der Waals surface area contributed by atoms with E-state index in [0.717, 1.165) is 11.3 Å². The first-order valence-corrected chi connectivity index (χ1v) is 4.28. The Morgan fingerprint density at radius 3 is 2.23 bits per heavy atom. The Kier molecular flexibility index (Phi) is 6.39. The van der Waals surface area contributed by atoms with Crippen molar-refractivity contribution in [1.29, 1.82) is 0 Å². The molecule has 1 aromatic carbocycles. The van der Waals surface area contributed by atoms with Gasteiger partial charge in [0.15, 0.2) is 0 Å². The second-order valence-corrected chi connectivity index (χ2v) is 2.08. The van der Waals surface area contributed by atoms with Crippen LogP contribution in [0.15, 0.2) is 24.3 Å². The molecule has 0 bridgehead atoms. The van der Waals surface area contributed by atoms with Crippen LogP contribution in [0.1, 0.15) is 19.4 Å². The predicted octanol–water partition coefficient (Wildman–Crippen LogP) is 1.64. The van der Waals surface area contributed by atoms with Gasteiger partial charge in [0.2, 0.25) is 0 Å². The van der Waals surface area contributed by atoms with E-state index in [-0.39, 0.29) is 6.61 Å². The van der Waals surface area contributed by atoms with Crippen molar-refractivity contribution in [3.05, 3.63) is 29.8 Å². The molecule has 3 N–H and O–H groups in total. The van der Waals surface area contributed by atoms with Crippen LogP contribution in [0, 0.1) is 11.8 Å². The van der Waals surface area contributed by atoms with Crippen LogP contribution in [0.3, 0.4) is 0 Å². The number of nitrogens with two attached hydrogens (primary N) is 1. The summed E-state index contributed by atoms with van der Waals surface area (Å²) in [5.74, 6) is 5.31. The van der Waals surface area contributed by atoms with Gasteiger partial charge in [0.05, 0.1) is 0 Å². The highest BCUT2D eigenvalue weighted by Crippen LogP contribution is 2.03. The zero-order valence-corrected chi connectivity index (χ0v) is 8.04. The molecule has 0 saturated carbocycles. The minimum absolute atomic E-state index is 0.107. The van der Waals surface area contributed by atoms with Crippen molar-refractivity contribution in [3.63, 3.8) is 0 Å². The first-order chi connectivity index (χ1) is 6.33. The first kappa shape index (κ1) is 11.5. The fourth-order valence-corrected chi connectivity index (χ4v) is 0.708. The fraction of sp³-hybridized carbons (Fsp3) is 0.273. The second-order valence-electron chi connectivity index (χ2n) is 2.08. The van der Waals surface area contributed by atoms with Gasteiger partial charge in [-0.1, -0.05) is 25.7 Å². The van der Waals surface area contributed by atoms with Crippen LogP contribution in [-0.2, 0) is 0 Å². The van der Waals surface area contributed by atoms with Crippen LogP contribution in [0.5, 0.6) is 0 Å². The highest BCUT2D eigenvalue weighted by molar-refractivity contribution is 5.44. The largest absolute Gasteiger partial charge is 0.399 e. The minimum atomic E-state index is -0.107.